The van der Waals surface area contributed by atoms with Crippen molar-refractivity contribution in [3.05, 3.63) is 29.3 Å². The highest BCUT2D eigenvalue weighted by Crippen LogP contribution is 2.30. The van der Waals surface area contributed by atoms with E-state index in [0.717, 1.165) is 16.0 Å². The van der Waals surface area contributed by atoms with Crippen LogP contribution in [-0.4, -0.2) is 18.2 Å². The molecule has 0 spiro atoms. The summed E-state index contributed by atoms with van der Waals surface area (Å²) in [4.78, 5) is 0. The molecule has 104 valence electrons. The SMILES string of the molecule is Cn1nc(C(F)(F)F)cc1NS(=O)(=O)c1cccs1. The number of aryl methyl sites for hydroxylation is 1. The molecule has 10 heteroatoms. The van der Waals surface area contributed by atoms with Crippen LogP contribution in [0.4, 0.5) is 19.0 Å². The largest absolute Gasteiger partial charge is 0.435 e. The van der Waals surface area contributed by atoms with Crippen LogP contribution in [0.25, 0.3) is 0 Å². The van der Waals surface area contributed by atoms with Crippen molar-refractivity contribution < 1.29 is 21.6 Å². The smallest absolute Gasteiger partial charge is 0.263 e. The van der Waals surface area contributed by atoms with Crippen molar-refractivity contribution in [3.63, 3.8) is 0 Å². The Morgan fingerprint density at radius 1 is 1.42 bits per heavy atom. The van der Waals surface area contributed by atoms with Gasteiger partial charge in [-0.3, -0.25) is 9.40 Å². The van der Waals surface area contributed by atoms with Gasteiger partial charge in [0, 0.05) is 13.1 Å². The Balaban J connectivity index is 2.33. The van der Waals surface area contributed by atoms with Gasteiger partial charge in [-0.15, -0.1) is 11.3 Å². The van der Waals surface area contributed by atoms with Crippen molar-refractivity contribution in [3.8, 4) is 0 Å². The van der Waals surface area contributed by atoms with E-state index in [-0.39, 0.29) is 10.0 Å². The van der Waals surface area contributed by atoms with Gasteiger partial charge in [-0.1, -0.05) is 6.07 Å². The Morgan fingerprint density at radius 3 is 2.58 bits per heavy atom. The summed E-state index contributed by atoms with van der Waals surface area (Å²) >= 11 is 0.965. The third-order valence-corrected chi connectivity index (χ3v) is 4.92. The lowest BCUT2D eigenvalue weighted by Gasteiger charge is -2.05. The summed E-state index contributed by atoms with van der Waals surface area (Å²) in [6, 6.07) is 3.53. The minimum absolute atomic E-state index is 0.0160. The van der Waals surface area contributed by atoms with Gasteiger partial charge in [-0.2, -0.15) is 18.3 Å². The average Bonchev–Trinajstić information content (AvgIpc) is 2.87. The van der Waals surface area contributed by atoms with Gasteiger partial charge >= 0.3 is 6.18 Å². The maximum Gasteiger partial charge on any atom is 0.435 e. The Labute approximate surface area is 110 Å². The minimum atomic E-state index is -4.62. The normalized spacial score (nSPS) is 12.6. The monoisotopic (exact) mass is 311 g/mol. The number of alkyl halides is 3. The zero-order chi connectivity index (χ0) is 14.3. The molecule has 1 N–H and O–H groups in total. The minimum Gasteiger partial charge on any atom is -0.263 e. The Morgan fingerprint density at radius 2 is 2.11 bits per heavy atom. The fraction of sp³-hybridized carbons (Fsp3) is 0.222. The van der Waals surface area contributed by atoms with Crippen LogP contribution in [-0.2, 0) is 23.2 Å². The van der Waals surface area contributed by atoms with Crippen LogP contribution in [0.3, 0.4) is 0 Å². The van der Waals surface area contributed by atoms with Crippen LogP contribution in [0.2, 0.25) is 0 Å². The highest BCUT2D eigenvalue weighted by atomic mass is 32.2. The molecule has 2 rings (SSSR count). The van der Waals surface area contributed by atoms with Gasteiger partial charge in [-0.05, 0) is 11.4 Å². The van der Waals surface area contributed by atoms with E-state index < -0.39 is 21.9 Å². The predicted molar refractivity (Wildman–Crippen MR) is 63.3 cm³/mol. The van der Waals surface area contributed by atoms with Crippen LogP contribution in [0.1, 0.15) is 5.69 Å². The van der Waals surface area contributed by atoms with Gasteiger partial charge in [0.1, 0.15) is 10.0 Å². The van der Waals surface area contributed by atoms with E-state index in [2.05, 4.69) is 9.82 Å². The highest BCUT2D eigenvalue weighted by Gasteiger charge is 2.35. The van der Waals surface area contributed by atoms with E-state index in [1.807, 2.05) is 0 Å². The van der Waals surface area contributed by atoms with Crippen LogP contribution in [0.5, 0.6) is 0 Å². The molecule has 0 amide bonds. The first-order chi connectivity index (χ1) is 8.70. The second kappa shape index (κ2) is 4.53. The molecule has 0 atom stereocenters. The fourth-order valence-electron chi connectivity index (χ4n) is 1.31. The molecule has 0 aliphatic rings. The van der Waals surface area contributed by atoms with E-state index in [9.17, 15) is 21.6 Å². The van der Waals surface area contributed by atoms with Crippen LogP contribution >= 0.6 is 11.3 Å². The molecule has 0 radical (unpaired) electrons. The molecule has 19 heavy (non-hydrogen) atoms. The molecule has 0 aromatic carbocycles. The number of hydrogen-bond acceptors (Lipinski definition) is 4. The molecule has 0 aliphatic carbocycles. The molecular weight excluding hydrogens is 303 g/mol. The number of hydrogen-bond donors (Lipinski definition) is 1. The quantitative estimate of drug-likeness (QED) is 0.946. The lowest BCUT2D eigenvalue weighted by Crippen LogP contribution is -2.14. The molecule has 0 fully saturated rings. The van der Waals surface area contributed by atoms with Crippen LogP contribution < -0.4 is 4.72 Å². The van der Waals surface area contributed by atoms with Gasteiger partial charge < -0.3 is 0 Å². The Bertz CT molecular complexity index is 674. The van der Waals surface area contributed by atoms with Gasteiger partial charge in [-0.25, -0.2) is 8.42 Å². The lowest BCUT2D eigenvalue weighted by atomic mass is 10.4. The summed E-state index contributed by atoms with van der Waals surface area (Å²) in [6.07, 6.45) is -4.62. The number of aromatic nitrogens is 2. The number of nitrogens with zero attached hydrogens (tertiary/aromatic N) is 2. The third kappa shape index (κ3) is 2.89. The molecule has 0 saturated carbocycles. The van der Waals surface area contributed by atoms with E-state index in [1.54, 1.807) is 5.38 Å². The molecule has 2 aromatic rings. The van der Waals surface area contributed by atoms with Crippen molar-refractivity contribution in [2.75, 3.05) is 4.72 Å². The standard InChI is InChI=1S/C9H8F3N3O2S2/c1-15-7(5-6(13-15)9(10,11)12)14-19(16,17)8-3-2-4-18-8/h2-5,14H,1H3. The first-order valence-corrected chi connectivity index (χ1v) is 7.24. The number of nitrogens with one attached hydrogen (secondary N) is 1. The van der Waals surface area contributed by atoms with Gasteiger partial charge in [0.25, 0.3) is 10.0 Å². The predicted octanol–water partition coefficient (Wildman–Crippen LogP) is 2.30. The lowest BCUT2D eigenvalue weighted by molar-refractivity contribution is -0.141. The van der Waals surface area contributed by atoms with Gasteiger partial charge in [0.15, 0.2) is 5.69 Å². The number of thiophene rings is 1. The maximum absolute atomic E-state index is 12.4. The fourth-order valence-corrected chi connectivity index (χ4v) is 3.38. The maximum atomic E-state index is 12.4. The summed E-state index contributed by atoms with van der Waals surface area (Å²) in [6.45, 7) is 0. The zero-order valence-electron chi connectivity index (χ0n) is 9.47. The zero-order valence-corrected chi connectivity index (χ0v) is 11.1. The van der Waals surface area contributed by atoms with Crippen molar-refractivity contribution in [2.45, 2.75) is 10.4 Å². The Kier molecular flexibility index (Phi) is 3.31. The molecule has 0 aliphatic heterocycles. The Hall–Kier alpha value is -1.55. The van der Waals surface area contributed by atoms with E-state index >= 15 is 0 Å². The topological polar surface area (TPSA) is 64.0 Å². The molecule has 2 heterocycles. The number of rotatable bonds is 3. The highest BCUT2D eigenvalue weighted by molar-refractivity contribution is 7.94. The first kappa shape index (κ1) is 13.9. The number of halogens is 3. The first-order valence-electron chi connectivity index (χ1n) is 4.88. The molecule has 0 unspecified atom stereocenters. The number of anilines is 1. The van der Waals surface area contributed by atoms with Crippen molar-refractivity contribution >= 4 is 27.2 Å². The molecule has 0 bridgehead atoms. The van der Waals surface area contributed by atoms with Crippen LogP contribution in [0, 0.1) is 0 Å². The summed E-state index contributed by atoms with van der Waals surface area (Å²) in [5.74, 6) is -0.249. The van der Waals surface area contributed by atoms with Gasteiger partial charge in [0.2, 0.25) is 0 Å². The van der Waals surface area contributed by atoms with Crippen molar-refractivity contribution in [2.24, 2.45) is 7.05 Å². The second-order valence-corrected chi connectivity index (χ2v) is 6.43. The molecule has 0 saturated heterocycles. The number of sulfonamides is 1. The van der Waals surface area contributed by atoms with E-state index in [0.29, 0.717) is 6.07 Å². The van der Waals surface area contributed by atoms with E-state index in [4.69, 9.17) is 0 Å². The second-order valence-electron chi connectivity index (χ2n) is 3.57. The summed E-state index contributed by atoms with van der Waals surface area (Å²) in [5.41, 5.74) is -1.15. The van der Waals surface area contributed by atoms with Crippen LogP contribution in [0.15, 0.2) is 27.8 Å². The molecular formula is C9H8F3N3O2S2. The van der Waals surface area contributed by atoms with Crippen molar-refractivity contribution in [1.82, 2.24) is 9.78 Å². The molecule has 2 aromatic heterocycles. The van der Waals surface area contributed by atoms with Gasteiger partial charge in [0.05, 0.1) is 0 Å². The summed E-state index contributed by atoms with van der Waals surface area (Å²) < 4.78 is 63.9. The molecule has 5 nitrogen and oxygen atoms in total. The summed E-state index contributed by atoms with van der Waals surface area (Å²) in [5, 5.41) is 4.77. The third-order valence-electron chi connectivity index (χ3n) is 2.17. The van der Waals surface area contributed by atoms with Crippen molar-refractivity contribution in [1.29, 1.82) is 0 Å². The summed E-state index contributed by atoms with van der Waals surface area (Å²) in [7, 11) is -2.66. The van der Waals surface area contributed by atoms with E-state index in [1.165, 1.54) is 19.2 Å². The average molecular weight is 311 g/mol.